The van der Waals surface area contributed by atoms with E-state index in [9.17, 15) is 9.59 Å². The van der Waals surface area contributed by atoms with Crippen molar-refractivity contribution in [1.82, 2.24) is 5.32 Å². The van der Waals surface area contributed by atoms with Crippen LogP contribution < -0.4 is 5.32 Å². The van der Waals surface area contributed by atoms with Crippen LogP contribution in [0.1, 0.15) is 40.4 Å². The van der Waals surface area contributed by atoms with Gasteiger partial charge in [-0.05, 0) is 24.0 Å². The summed E-state index contributed by atoms with van der Waals surface area (Å²) in [6.07, 6.45) is 1.25. The molecule has 2 rings (SSSR count). The fourth-order valence-corrected chi connectivity index (χ4v) is 3.23. The molecule has 20 heavy (non-hydrogen) atoms. The number of hydrogen-bond acceptors (Lipinski definition) is 4. The summed E-state index contributed by atoms with van der Waals surface area (Å²) in [5.74, 6) is -1.09. The van der Waals surface area contributed by atoms with Crippen LogP contribution in [-0.2, 0) is 22.6 Å². The SMILES string of the molecule is CC(C)CC(NC(=O)c1cc2c(s1)CCOC2)C(=O)O. The summed E-state index contributed by atoms with van der Waals surface area (Å²) in [4.78, 5) is 25.0. The first-order valence-corrected chi connectivity index (χ1v) is 7.52. The number of ether oxygens (including phenoxy) is 1. The predicted molar refractivity (Wildman–Crippen MR) is 76.0 cm³/mol. The van der Waals surface area contributed by atoms with E-state index >= 15 is 0 Å². The van der Waals surface area contributed by atoms with Gasteiger partial charge < -0.3 is 15.2 Å². The molecule has 0 bridgehead atoms. The molecule has 110 valence electrons. The van der Waals surface area contributed by atoms with E-state index in [-0.39, 0.29) is 11.8 Å². The molecule has 6 heteroatoms. The third-order valence-corrected chi connectivity index (χ3v) is 4.40. The summed E-state index contributed by atoms with van der Waals surface area (Å²) >= 11 is 1.43. The zero-order valence-corrected chi connectivity index (χ0v) is 12.5. The van der Waals surface area contributed by atoms with Gasteiger partial charge in [0.05, 0.1) is 18.1 Å². The normalized spacial score (nSPS) is 15.8. The number of hydrogen-bond donors (Lipinski definition) is 2. The van der Waals surface area contributed by atoms with Crippen LogP contribution in [-0.4, -0.2) is 29.6 Å². The lowest BCUT2D eigenvalue weighted by molar-refractivity contribution is -0.139. The van der Waals surface area contributed by atoms with Gasteiger partial charge in [0, 0.05) is 11.3 Å². The molecule has 1 amide bonds. The first kappa shape index (κ1) is 15.0. The molecule has 2 N–H and O–H groups in total. The zero-order valence-electron chi connectivity index (χ0n) is 11.6. The molecule has 5 nitrogen and oxygen atoms in total. The highest BCUT2D eigenvalue weighted by Crippen LogP contribution is 2.27. The van der Waals surface area contributed by atoms with Crippen molar-refractivity contribution in [1.29, 1.82) is 0 Å². The number of carboxylic acids is 1. The second kappa shape index (κ2) is 6.37. The Labute approximate surface area is 121 Å². The third-order valence-electron chi connectivity index (χ3n) is 3.16. The fourth-order valence-electron chi connectivity index (χ4n) is 2.18. The Morgan fingerprint density at radius 2 is 2.25 bits per heavy atom. The van der Waals surface area contributed by atoms with Crippen LogP contribution in [0.15, 0.2) is 6.07 Å². The van der Waals surface area contributed by atoms with Gasteiger partial charge >= 0.3 is 5.97 Å². The smallest absolute Gasteiger partial charge is 0.326 e. The van der Waals surface area contributed by atoms with Crippen molar-refractivity contribution in [3.63, 3.8) is 0 Å². The zero-order chi connectivity index (χ0) is 14.7. The minimum atomic E-state index is -0.989. The monoisotopic (exact) mass is 297 g/mol. The van der Waals surface area contributed by atoms with Gasteiger partial charge in [0.1, 0.15) is 6.04 Å². The minimum absolute atomic E-state index is 0.210. The van der Waals surface area contributed by atoms with Crippen molar-refractivity contribution >= 4 is 23.2 Å². The van der Waals surface area contributed by atoms with Gasteiger partial charge in [0.25, 0.3) is 5.91 Å². The third kappa shape index (κ3) is 3.58. The molecule has 1 aromatic heterocycles. The number of carbonyl (C=O) groups excluding carboxylic acids is 1. The van der Waals surface area contributed by atoms with E-state index in [1.807, 2.05) is 19.9 Å². The average molecular weight is 297 g/mol. The van der Waals surface area contributed by atoms with Gasteiger partial charge in [-0.2, -0.15) is 0 Å². The van der Waals surface area contributed by atoms with E-state index in [0.29, 0.717) is 24.5 Å². The highest BCUT2D eigenvalue weighted by molar-refractivity contribution is 7.14. The van der Waals surface area contributed by atoms with Crippen molar-refractivity contribution in [3.8, 4) is 0 Å². The highest BCUT2D eigenvalue weighted by atomic mass is 32.1. The topological polar surface area (TPSA) is 75.6 Å². The van der Waals surface area contributed by atoms with Crippen molar-refractivity contribution in [2.24, 2.45) is 5.92 Å². The van der Waals surface area contributed by atoms with Crippen LogP contribution in [0.5, 0.6) is 0 Å². The van der Waals surface area contributed by atoms with Crippen molar-refractivity contribution < 1.29 is 19.4 Å². The van der Waals surface area contributed by atoms with Gasteiger partial charge in [0.2, 0.25) is 0 Å². The second-order valence-electron chi connectivity index (χ2n) is 5.36. The molecule has 1 aliphatic rings. The standard InChI is InChI=1S/C14H19NO4S/c1-8(2)5-10(14(17)18)15-13(16)12-6-9-7-19-4-3-11(9)20-12/h6,8,10H,3-5,7H2,1-2H3,(H,15,16)(H,17,18). The molecule has 1 atom stereocenters. The Morgan fingerprint density at radius 1 is 1.50 bits per heavy atom. The number of carboxylic acid groups (broad SMARTS) is 1. The van der Waals surface area contributed by atoms with Crippen LogP contribution in [0.3, 0.4) is 0 Å². The maximum atomic E-state index is 12.2. The van der Waals surface area contributed by atoms with Gasteiger partial charge in [0.15, 0.2) is 0 Å². The number of thiophene rings is 1. The number of carbonyl (C=O) groups is 2. The Hall–Kier alpha value is -1.40. The molecule has 0 aliphatic carbocycles. The second-order valence-corrected chi connectivity index (χ2v) is 6.49. The van der Waals surface area contributed by atoms with E-state index < -0.39 is 12.0 Å². The molecular formula is C14H19NO4S. The quantitative estimate of drug-likeness (QED) is 0.872. The maximum Gasteiger partial charge on any atom is 0.326 e. The van der Waals surface area contributed by atoms with E-state index in [0.717, 1.165) is 16.9 Å². The lowest BCUT2D eigenvalue weighted by Gasteiger charge is -2.15. The number of nitrogens with one attached hydrogen (secondary N) is 1. The van der Waals surface area contributed by atoms with Crippen LogP contribution in [0.2, 0.25) is 0 Å². The first-order chi connectivity index (χ1) is 9.47. The summed E-state index contributed by atoms with van der Waals surface area (Å²) in [5.41, 5.74) is 1.04. The summed E-state index contributed by atoms with van der Waals surface area (Å²) < 4.78 is 5.34. The van der Waals surface area contributed by atoms with E-state index in [2.05, 4.69) is 5.32 Å². The van der Waals surface area contributed by atoms with Crippen molar-refractivity contribution in [3.05, 3.63) is 21.4 Å². The van der Waals surface area contributed by atoms with Gasteiger partial charge in [-0.15, -0.1) is 11.3 Å². The molecule has 1 aromatic rings. The molecule has 1 unspecified atom stereocenters. The fraction of sp³-hybridized carbons (Fsp3) is 0.571. The Kier molecular flexibility index (Phi) is 4.77. The van der Waals surface area contributed by atoms with Crippen LogP contribution in [0.4, 0.5) is 0 Å². The molecule has 0 radical (unpaired) electrons. The number of aliphatic carboxylic acids is 1. The molecule has 0 saturated heterocycles. The average Bonchev–Trinajstić information content (AvgIpc) is 2.81. The van der Waals surface area contributed by atoms with Crippen molar-refractivity contribution in [2.75, 3.05) is 6.61 Å². The number of amides is 1. The summed E-state index contributed by atoms with van der Waals surface area (Å²) in [5, 5.41) is 11.8. The molecule has 0 aromatic carbocycles. The molecule has 1 aliphatic heterocycles. The largest absolute Gasteiger partial charge is 0.480 e. The van der Waals surface area contributed by atoms with Gasteiger partial charge in [-0.25, -0.2) is 4.79 Å². The van der Waals surface area contributed by atoms with Crippen LogP contribution in [0, 0.1) is 5.92 Å². The lowest BCUT2D eigenvalue weighted by atomic mass is 10.0. The molecular weight excluding hydrogens is 278 g/mol. The maximum absolute atomic E-state index is 12.2. The Morgan fingerprint density at radius 3 is 2.85 bits per heavy atom. The minimum Gasteiger partial charge on any atom is -0.480 e. The molecule has 2 heterocycles. The van der Waals surface area contributed by atoms with E-state index in [1.165, 1.54) is 11.3 Å². The van der Waals surface area contributed by atoms with Gasteiger partial charge in [-0.3, -0.25) is 4.79 Å². The Bertz CT molecular complexity index is 486. The summed E-state index contributed by atoms with van der Waals surface area (Å²) in [7, 11) is 0. The van der Waals surface area contributed by atoms with Crippen LogP contribution in [0.25, 0.3) is 0 Å². The molecule has 0 spiro atoms. The Balaban J connectivity index is 2.06. The van der Waals surface area contributed by atoms with Crippen molar-refractivity contribution in [2.45, 2.75) is 39.3 Å². The van der Waals surface area contributed by atoms with E-state index in [4.69, 9.17) is 9.84 Å². The van der Waals surface area contributed by atoms with Gasteiger partial charge in [-0.1, -0.05) is 13.8 Å². The molecule has 0 saturated carbocycles. The van der Waals surface area contributed by atoms with E-state index in [1.54, 1.807) is 0 Å². The molecule has 0 fully saturated rings. The lowest BCUT2D eigenvalue weighted by Crippen LogP contribution is -2.41. The van der Waals surface area contributed by atoms with Crippen LogP contribution >= 0.6 is 11.3 Å². The first-order valence-electron chi connectivity index (χ1n) is 6.70. The number of rotatable bonds is 5. The highest BCUT2D eigenvalue weighted by Gasteiger charge is 2.24. The summed E-state index contributed by atoms with van der Waals surface area (Å²) in [6.45, 7) is 5.08. The predicted octanol–water partition coefficient (Wildman–Crippen LogP) is 2.05. The number of fused-ring (bicyclic) bond motifs is 1. The summed E-state index contributed by atoms with van der Waals surface area (Å²) in [6, 6.07) is 0.973.